The first kappa shape index (κ1) is 15.1. The van der Waals surface area contributed by atoms with Crippen molar-refractivity contribution in [3.63, 3.8) is 0 Å². The first-order chi connectivity index (χ1) is 9.76. The number of thioether (sulfide) groups is 1. The smallest absolute Gasteiger partial charge is 0.0713 e. The maximum absolute atomic E-state index is 9.77. The standard InChI is InChI=1S/C16H29NO2S/c18-15-3-1-2-13(10-15)12-17-14-4-7-19-16(11-14)5-8-20-9-6-16/h13-15,17-18H,1-12H2. The molecule has 3 unspecified atom stereocenters. The lowest BCUT2D eigenvalue weighted by Crippen LogP contribution is -2.49. The Morgan fingerprint density at radius 3 is 2.85 bits per heavy atom. The molecule has 0 aromatic rings. The van der Waals surface area contributed by atoms with E-state index >= 15 is 0 Å². The van der Waals surface area contributed by atoms with Gasteiger partial charge in [0.05, 0.1) is 11.7 Å². The summed E-state index contributed by atoms with van der Waals surface area (Å²) < 4.78 is 6.15. The van der Waals surface area contributed by atoms with E-state index in [9.17, 15) is 5.11 Å². The van der Waals surface area contributed by atoms with Gasteiger partial charge in [0.2, 0.25) is 0 Å². The third-order valence-electron chi connectivity index (χ3n) is 5.35. The lowest BCUT2D eigenvalue weighted by atomic mass is 9.84. The Balaban J connectivity index is 1.45. The van der Waals surface area contributed by atoms with E-state index in [1.807, 2.05) is 0 Å². The molecule has 3 atom stereocenters. The quantitative estimate of drug-likeness (QED) is 0.840. The largest absolute Gasteiger partial charge is 0.393 e. The van der Waals surface area contributed by atoms with Gasteiger partial charge < -0.3 is 15.2 Å². The molecular weight excluding hydrogens is 270 g/mol. The molecule has 2 aliphatic heterocycles. The van der Waals surface area contributed by atoms with E-state index in [-0.39, 0.29) is 11.7 Å². The van der Waals surface area contributed by atoms with Gasteiger partial charge in [0.25, 0.3) is 0 Å². The van der Waals surface area contributed by atoms with Gasteiger partial charge in [-0.05, 0) is 68.9 Å². The van der Waals surface area contributed by atoms with Crippen molar-refractivity contribution in [1.82, 2.24) is 5.32 Å². The van der Waals surface area contributed by atoms with Crippen molar-refractivity contribution in [2.75, 3.05) is 24.7 Å². The zero-order valence-corrected chi connectivity index (χ0v) is 13.3. The monoisotopic (exact) mass is 299 g/mol. The normalized spacial score (nSPS) is 38.0. The summed E-state index contributed by atoms with van der Waals surface area (Å²) in [5, 5.41) is 13.6. The first-order valence-electron chi connectivity index (χ1n) is 8.39. The molecule has 3 rings (SSSR count). The van der Waals surface area contributed by atoms with E-state index < -0.39 is 0 Å². The Bertz CT molecular complexity index is 301. The summed E-state index contributed by atoms with van der Waals surface area (Å²) in [6.07, 6.45) is 9.26. The third-order valence-corrected chi connectivity index (χ3v) is 6.33. The molecule has 116 valence electrons. The van der Waals surface area contributed by atoms with E-state index in [2.05, 4.69) is 17.1 Å². The molecule has 1 aliphatic carbocycles. The molecule has 3 aliphatic rings. The van der Waals surface area contributed by atoms with Crippen LogP contribution in [0.15, 0.2) is 0 Å². The maximum atomic E-state index is 9.77. The van der Waals surface area contributed by atoms with E-state index in [0.717, 1.165) is 32.4 Å². The number of aliphatic hydroxyl groups is 1. The Labute approximate surface area is 127 Å². The zero-order valence-electron chi connectivity index (χ0n) is 12.5. The fourth-order valence-corrected chi connectivity index (χ4v) is 5.31. The minimum absolute atomic E-state index is 0.0491. The zero-order chi connectivity index (χ0) is 13.8. The van der Waals surface area contributed by atoms with Crippen molar-refractivity contribution < 1.29 is 9.84 Å². The maximum Gasteiger partial charge on any atom is 0.0713 e. The van der Waals surface area contributed by atoms with E-state index in [4.69, 9.17) is 4.74 Å². The van der Waals surface area contributed by atoms with Crippen LogP contribution >= 0.6 is 11.8 Å². The van der Waals surface area contributed by atoms with E-state index in [1.54, 1.807) is 0 Å². The summed E-state index contributed by atoms with van der Waals surface area (Å²) in [5.41, 5.74) is 0.188. The number of rotatable bonds is 3. The second kappa shape index (κ2) is 6.99. The van der Waals surface area contributed by atoms with Crippen molar-refractivity contribution >= 4 is 11.8 Å². The summed E-state index contributed by atoms with van der Waals surface area (Å²) in [6, 6.07) is 0.630. The Morgan fingerprint density at radius 2 is 2.05 bits per heavy atom. The molecule has 2 N–H and O–H groups in total. The predicted octanol–water partition coefficient (Wildman–Crippen LogP) is 2.57. The van der Waals surface area contributed by atoms with Crippen LogP contribution in [0.25, 0.3) is 0 Å². The van der Waals surface area contributed by atoms with Gasteiger partial charge in [-0.1, -0.05) is 6.42 Å². The number of ether oxygens (including phenoxy) is 1. The molecule has 0 aromatic carbocycles. The van der Waals surface area contributed by atoms with Crippen LogP contribution in [0.4, 0.5) is 0 Å². The number of hydrogen-bond acceptors (Lipinski definition) is 4. The minimum Gasteiger partial charge on any atom is -0.393 e. The Morgan fingerprint density at radius 1 is 1.20 bits per heavy atom. The van der Waals surface area contributed by atoms with Gasteiger partial charge in [-0.2, -0.15) is 11.8 Å². The molecule has 3 fully saturated rings. The highest BCUT2D eigenvalue weighted by atomic mass is 32.2. The van der Waals surface area contributed by atoms with Crippen LogP contribution in [0.2, 0.25) is 0 Å². The SMILES string of the molecule is OC1CCCC(CNC2CCOC3(CCSCC3)C2)C1. The molecule has 2 saturated heterocycles. The predicted molar refractivity (Wildman–Crippen MR) is 84.2 cm³/mol. The van der Waals surface area contributed by atoms with Crippen LogP contribution in [0.1, 0.15) is 51.4 Å². The molecule has 3 nitrogen and oxygen atoms in total. The average Bonchev–Trinajstić information content (AvgIpc) is 2.46. The van der Waals surface area contributed by atoms with Crippen molar-refractivity contribution in [2.45, 2.75) is 69.1 Å². The van der Waals surface area contributed by atoms with Crippen LogP contribution in [0.3, 0.4) is 0 Å². The number of nitrogens with one attached hydrogen (secondary N) is 1. The molecule has 0 radical (unpaired) electrons. The molecule has 1 saturated carbocycles. The molecule has 4 heteroatoms. The van der Waals surface area contributed by atoms with Gasteiger partial charge in [0, 0.05) is 12.6 Å². The number of aliphatic hydroxyl groups excluding tert-OH is 1. The van der Waals surface area contributed by atoms with Gasteiger partial charge in [0.1, 0.15) is 0 Å². The van der Waals surface area contributed by atoms with Crippen molar-refractivity contribution in [1.29, 1.82) is 0 Å². The van der Waals surface area contributed by atoms with Crippen molar-refractivity contribution in [3.05, 3.63) is 0 Å². The second-order valence-corrected chi connectivity index (χ2v) is 8.15. The van der Waals surface area contributed by atoms with E-state index in [1.165, 1.54) is 43.6 Å². The van der Waals surface area contributed by atoms with Crippen LogP contribution in [-0.4, -0.2) is 47.5 Å². The van der Waals surface area contributed by atoms with Crippen LogP contribution in [0.5, 0.6) is 0 Å². The highest BCUT2D eigenvalue weighted by molar-refractivity contribution is 7.99. The summed E-state index contributed by atoms with van der Waals surface area (Å²) in [6.45, 7) is 2.02. The van der Waals surface area contributed by atoms with Crippen LogP contribution in [0, 0.1) is 5.92 Å². The highest BCUT2D eigenvalue weighted by Crippen LogP contribution is 2.37. The van der Waals surface area contributed by atoms with Gasteiger partial charge in [-0.25, -0.2) is 0 Å². The molecule has 2 heterocycles. The van der Waals surface area contributed by atoms with Crippen LogP contribution in [-0.2, 0) is 4.74 Å². The summed E-state index contributed by atoms with van der Waals surface area (Å²) in [5.74, 6) is 3.21. The van der Waals surface area contributed by atoms with Gasteiger partial charge >= 0.3 is 0 Å². The molecule has 0 aromatic heterocycles. The molecule has 0 amide bonds. The van der Waals surface area contributed by atoms with Gasteiger partial charge in [-0.15, -0.1) is 0 Å². The second-order valence-electron chi connectivity index (χ2n) is 6.93. The first-order valence-corrected chi connectivity index (χ1v) is 9.54. The van der Waals surface area contributed by atoms with Gasteiger partial charge in [-0.3, -0.25) is 0 Å². The molecule has 20 heavy (non-hydrogen) atoms. The van der Waals surface area contributed by atoms with Crippen molar-refractivity contribution in [2.24, 2.45) is 5.92 Å². The summed E-state index contributed by atoms with van der Waals surface area (Å²) in [7, 11) is 0. The fourth-order valence-electron chi connectivity index (χ4n) is 4.08. The lowest BCUT2D eigenvalue weighted by molar-refractivity contribution is -0.0936. The highest BCUT2D eigenvalue weighted by Gasteiger charge is 2.38. The third kappa shape index (κ3) is 3.90. The van der Waals surface area contributed by atoms with Crippen LogP contribution < -0.4 is 5.32 Å². The average molecular weight is 299 g/mol. The number of hydrogen-bond donors (Lipinski definition) is 2. The summed E-state index contributed by atoms with van der Waals surface area (Å²) >= 11 is 2.07. The Kier molecular flexibility index (Phi) is 5.29. The lowest BCUT2D eigenvalue weighted by Gasteiger charge is -2.44. The molecule has 1 spiro atoms. The fraction of sp³-hybridized carbons (Fsp3) is 1.00. The minimum atomic E-state index is -0.0491. The summed E-state index contributed by atoms with van der Waals surface area (Å²) in [4.78, 5) is 0. The van der Waals surface area contributed by atoms with Gasteiger partial charge in [0.15, 0.2) is 0 Å². The topological polar surface area (TPSA) is 41.5 Å². The Hall–Kier alpha value is 0.230. The van der Waals surface area contributed by atoms with Crippen molar-refractivity contribution in [3.8, 4) is 0 Å². The van der Waals surface area contributed by atoms with E-state index in [0.29, 0.717) is 12.0 Å². The molecular formula is C16H29NO2S. The molecule has 0 bridgehead atoms.